The highest BCUT2D eigenvalue weighted by Crippen LogP contribution is 2.26. The van der Waals surface area contributed by atoms with Gasteiger partial charge in [0.2, 0.25) is 0 Å². The lowest BCUT2D eigenvalue weighted by atomic mass is 10.1. The maximum Gasteiger partial charge on any atom is 0.159 e. The maximum absolute atomic E-state index is 12.7. The van der Waals surface area contributed by atoms with E-state index >= 15 is 0 Å². The van der Waals surface area contributed by atoms with E-state index in [9.17, 15) is 9.00 Å². The summed E-state index contributed by atoms with van der Waals surface area (Å²) in [6.45, 7) is 3.49. The number of aromatic nitrogens is 2. The predicted molar refractivity (Wildman–Crippen MR) is 93.0 cm³/mol. The van der Waals surface area contributed by atoms with E-state index in [4.69, 9.17) is 4.74 Å². The molecule has 0 aliphatic rings. The third-order valence-electron chi connectivity index (χ3n) is 3.84. The number of pyridine rings is 1. The second kappa shape index (κ2) is 6.57. The smallest absolute Gasteiger partial charge is 0.159 e. The zero-order valence-electron chi connectivity index (χ0n) is 13.8. The first-order valence-corrected chi connectivity index (χ1v) is 8.82. The van der Waals surface area contributed by atoms with Crippen molar-refractivity contribution in [3.8, 4) is 5.75 Å². The summed E-state index contributed by atoms with van der Waals surface area (Å²) < 4.78 is 20.0. The van der Waals surface area contributed by atoms with Gasteiger partial charge in [-0.15, -0.1) is 0 Å². The number of ether oxygens (including phenoxy) is 1. The summed E-state index contributed by atoms with van der Waals surface area (Å²) >= 11 is 0. The van der Waals surface area contributed by atoms with Gasteiger partial charge in [0.1, 0.15) is 11.4 Å². The van der Waals surface area contributed by atoms with E-state index in [-0.39, 0.29) is 11.5 Å². The van der Waals surface area contributed by atoms with Crippen molar-refractivity contribution >= 4 is 22.2 Å². The largest absolute Gasteiger partial charge is 0.495 e. The molecule has 0 amide bonds. The Hall–Kier alpha value is -2.47. The molecule has 1 atom stereocenters. The number of carbonyl (C=O) groups is 1. The van der Waals surface area contributed by atoms with E-state index in [0.29, 0.717) is 16.2 Å². The molecule has 0 N–H and O–H groups in total. The van der Waals surface area contributed by atoms with Crippen LogP contribution in [-0.4, -0.2) is 26.5 Å². The third kappa shape index (κ3) is 3.10. The number of benzene rings is 1. The molecule has 0 unspecified atom stereocenters. The molecular weight excluding hydrogens is 324 g/mol. The number of fused-ring (bicyclic) bond motifs is 1. The minimum atomic E-state index is -1.31. The van der Waals surface area contributed by atoms with Crippen LogP contribution < -0.4 is 4.74 Å². The summed E-state index contributed by atoms with van der Waals surface area (Å²) in [5, 5.41) is 0. The fourth-order valence-electron chi connectivity index (χ4n) is 2.56. The molecule has 2 heterocycles. The maximum atomic E-state index is 12.7. The van der Waals surface area contributed by atoms with Crippen LogP contribution in [-0.2, 0) is 16.6 Å². The van der Waals surface area contributed by atoms with E-state index in [0.717, 1.165) is 17.0 Å². The monoisotopic (exact) mass is 342 g/mol. The fourth-order valence-corrected chi connectivity index (χ4v) is 3.70. The minimum Gasteiger partial charge on any atom is -0.495 e. The summed E-state index contributed by atoms with van der Waals surface area (Å²) in [6, 6.07) is 10.9. The SMILES string of the molecule is COc1cc(C(C)=O)ccc1[S@@](=O)Cc1cn2c(C)cccc2n1. The van der Waals surface area contributed by atoms with E-state index in [1.807, 2.05) is 35.7 Å². The molecule has 3 aromatic rings. The molecule has 0 aliphatic heterocycles. The Labute approximate surface area is 142 Å². The summed E-state index contributed by atoms with van der Waals surface area (Å²) in [7, 11) is 0.195. The van der Waals surface area contributed by atoms with Crippen LogP contribution in [0.1, 0.15) is 28.7 Å². The number of methoxy groups -OCH3 is 1. The van der Waals surface area contributed by atoms with Crippen molar-refractivity contribution in [1.29, 1.82) is 0 Å². The number of rotatable bonds is 5. The van der Waals surface area contributed by atoms with E-state index < -0.39 is 10.8 Å². The molecule has 0 bridgehead atoms. The summed E-state index contributed by atoms with van der Waals surface area (Å²) in [4.78, 5) is 16.6. The van der Waals surface area contributed by atoms with Crippen molar-refractivity contribution in [2.75, 3.05) is 7.11 Å². The lowest BCUT2D eigenvalue weighted by Crippen LogP contribution is -2.02. The van der Waals surface area contributed by atoms with Gasteiger partial charge in [-0.3, -0.25) is 9.00 Å². The molecular formula is C18H18N2O3S. The molecule has 2 aromatic heterocycles. The molecule has 124 valence electrons. The number of imidazole rings is 1. The van der Waals surface area contributed by atoms with Crippen LogP contribution in [0.15, 0.2) is 47.5 Å². The summed E-state index contributed by atoms with van der Waals surface area (Å²) in [6.07, 6.45) is 1.90. The Bertz CT molecular complexity index is 947. The van der Waals surface area contributed by atoms with E-state index in [1.165, 1.54) is 14.0 Å². The van der Waals surface area contributed by atoms with Crippen molar-refractivity contribution in [1.82, 2.24) is 9.38 Å². The minimum absolute atomic E-state index is 0.0542. The Morgan fingerprint density at radius 3 is 2.75 bits per heavy atom. The second-order valence-corrected chi connectivity index (χ2v) is 6.96. The van der Waals surface area contributed by atoms with Crippen LogP contribution in [0, 0.1) is 6.92 Å². The molecule has 0 saturated carbocycles. The number of hydrogen-bond donors (Lipinski definition) is 0. The first kappa shape index (κ1) is 16.4. The molecule has 24 heavy (non-hydrogen) atoms. The van der Waals surface area contributed by atoms with Gasteiger partial charge in [0.25, 0.3) is 0 Å². The van der Waals surface area contributed by atoms with Crippen LogP contribution >= 0.6 is 0 Å². The van der Waals surface area contributed by atoms with Gasteiger partial charge in [0, 0.05) is 17.5 Å². The summed E-state index contributed by atoms with van der Waals surface area (Å²) in [5.74, 6) is 0.694. The molecule has 1 aromatic carbocycles. The number of aryl methyl sites for hydroxylation is 1. The van der Waals surface area contributed by atoms with E-state index in [2.05, 4.69) is 4.98 Å². The van der Waals surface area contributed by atoms with Gasteiger partial charge in [-0.1, -0.05) is 6.07 Å². The van der Waals surface area contributed by atoms with E-state index in [1.54, 1.807) is 18.2 Å². The first-order chi connectivity index (χ1) is 11.5. The van der Waals surface area contributed by atoms with Gasteiger partial charge >= 0.3 is 0 Å². The van der Waals surface area contributed by atoms with Crippen molar-refractivity contribution in [3.63, 3.8) is 0 Å². The fraction of sp³-hybridized carbons (Fsp3) is 0.222. The molecule has 0 fully saturated rings. The van der Waals surface area contributed by atoms with Crippen LogP contribution in [0.4, 0.5) is 0 Å². The molecule has 5 nitrogen and oxygen atoms in total. The van der Waals surface area contributed by atoms with Crippen LogP contribution in [0.25, 0.3) is 5.65 Å². The number of ketones is 1. The lowest BCUT2D eigenvalue weighted by Gasteiger charge is -2.09. The van der Waals surface area contributed by atoms with Gasteiger partial charge in [-0.25, -0.2) is 4.98 Å². The molecule has 0 spiro atoms. The normalized spacial score (nSPS) is 12.3. The number of Topliss-reactive ketones (excluding diaryl/α,β-unsaturated/α-hetero) is 1. The first-order valence-electron chi connectivity index (χ1n) is 7.50. The Morgan fingerprint density at radius 2 is 2.08 bits per heavy atom. The van der Waals surface area contributed by atoms with Gasteiger partial charge < -0.3 is 9.14 Å². The van der Waals surface area contributed by atoms with Crippen molar-refractivity contribution < 1.29 is 13.7 Å². The Morgan fingerprint density at radius 1 is 1.29 bits per heavy atom. The van der Waals surface area contributed by atoms with Crippen molar-refractivity contribution in [2.45, 2.75) is 24.5 Å². The quantitative estimate of drug-likeness (QED) is 0.668. The molecule has 6 heteroatoms. The van der Waals surface area contributed by atoms with Crippen LogP contribution in [0.5, 0.6) is 5.75 Å². The van der Waals surface area contributed by atoms with Crippen LogP contribution in [0.3, 0.4) is 0 Å². The standard InChI is InChI=1S/C18H18N2O3S/c1-12-5-4-6-18-19-15(10-20(12)18)11-24(22)17-8-7-14(13(2)21)9-16(17)23-3/h4-10H,11H2,1-3H3/t24-/m0/s1. The topological polar surface area (TPSA) is 60.7 Å². The second-order valence-electron chi connectivity index (χ2n) is 5.54. The predicted octanol–water partition coefficient (Wildman–Crippen LogP) is 3.16. The average molecular weight is 342 g/mol. The highest BCUT2D eigenvalue weighted by atomic mass is 32.2. The van der Waals surface area contributed by atoms with Gasteiger partial charge in [0.05, 0.1) is 34.3 Å². The highest BCUT2D eigenvalue weighted by molar-refractivity contribution is 7.84. The number of hydrogen-bond acceptors (Lipinski definition) is 4. The molecule has 0 aliphatic carbocycles. The molecule has 0 radical (unpaired) electrons. The molecule has 0 saturated heterocycles. The van der Waals surface area contributed by atoms with Gasteiger partial charge in [-0.2, -0.15) is 0 Å². The van der Waals surface area contributed by atoms with Gasteiger partial charge in [0.15, 0.2) is 5.78 Å². The van der Waals surface area contributed by atoms with Crippen LogP contribution in [0.2, 0.25) is 0 Å². The Kier molecular flexibility index (Phi) is 4.49. The van der Waals surface area contributed by atoms with Gasteiger partial charge in [-0.05, 0) is 44.2 Å². The number of carbonyl (C=O) groups excluding carboxylic acids is 1. The summed E-state index contributed by atoms with van der Waals surface area (Å²) in [5.41, 5.74) is 3.19. The van der Waals surface area contributed by atoms with Crippen molar-refractivity contribution in [3.05, 3.63) is 59.5 Å². The zero-order chi connectivity index (χ0) is 17.3. The van der Waals surface area contributed by atoms with Crippen molar-refractivity contribution in [2.24, 2.45) is 0 Å². The average Bonchev–Trinajstić information content (AvgIpc) is 2.98. The lowest BCUT2D eigenvalue weighted by molar-refractivity contribution is 0.101. The molecule has 3 rings (SSSR count). The third-order valence-corrected chi connectivity index (χ3v) is 5.23. The zero-order valence-corrected chi connectivity index (χ0v) is 14.6. The highest BCUT2D eigenvalue weighted by Gasteiger charge is 2.15. The Balaban J connectivity index is 1.91. The number of nitrogens with zero attached hydrogens (tertiary/aromatic N) is 2.